The minimum Gasteiger partial charge on any atom is -0.497 e. The SMILES string of the molecule is CCCCCCOc1ccc(-c2c3ccccc3[n+](C)c3ccc(OC)cc23)cc1. The molecule has 4 rings (SSSR count). The largest absolute Gasteiger partial charge is 0.497 e. The van der Waals surface area contributed by atoms with Crippen molar-refractivity contribution in [1.29, 1.82) is 0 Å². The molecule has 0 fully saturated rings. The number of aryl methyl sites for hydroxylation is 1. The Kier molecular flexibility index (Phi) is 6.18. The average Bonchev–Trinajstić information content (AvgIpc) is 2.79. The van der Waals surface area contributed by atoms with Gasteiger partial charge in [-0.2, -0.15) is 4.57 Å². The summed E-state index contributed by atoms with van der Waals surface area (Å²) in [5, 5.41) is 2.41. The zero-order chi connectivity index (χ0) is 20.9. The normalized spacial score (nSPS) is 11.2. The third-order valence-electron chi connectivity index (χ3n) is 5.78. The van der Waals surface area contributed by atoms with Gasteiger partial charge in [0.2, 0.25) is 11.0 Å². The summed E-state index contributed by atoms with van der Waals surface area (Å²) in [5.41, 5.74) is 4.80. The van der Waals surface area contributed by atoms with Gasteiger partial charge in [0.25, 0.3) is 0 Å². The first kappa shape index (κ1) is 20.2. The fourth-order valence-corrected chi connectivity index (χ4v) is 4.13. The number of para-hydroxylation sites is 1. The first-order valence-corrected chi connectivity index (χ1v) is 10.8. The van der Waals surface area contributed by atoms with E-state index < -0.39 is 0 Å². The third-order valence-corrected chi connectivity index (χ3v) is 5.78. The van der Waals surface area contributed by atoms with Gasteiger partial charge in [0, 0.05) is 17.7 Å². The third kappa shape index (κ3) is 3.97. The lowest BCUT2D eigenvalue weighted by molar-refractivity contribution is -0.617. The van der Waals surface area contributed by atoms with Gasteiger partial charge in [-0.15, -0.1) is 0 Å². The molecule has 0 saturated heterocycles. The maximum atomic E-state index is 5.95. The predicted molar refractivity (Wildman–Crippen MR) is 124 cm³/mol. The molecule has 0 aliphatic rings. The quantitative estimate of drug-likeness (QED) is 0.193. The topological polar surface area (TPSA) is 22.3 Å². The number of benzene rings is 3. The molecule has 3 heteroatoms. The van der Waals surface area contributed by atoms with Crippen molar-refractivity contribution >= 4 is 21.8 Å². The Morgan fingerprint density at radius 3 is 2.27 bits per heavy atom. The molecule has 3 nitrogen and oxygen atoms in total. The van der Waals surface area contributed by atoms with E-state index in [2.05, 4.69) is 79.2 Å². The van der Waals surface area contributed by atoms with Crippen molar-refractivity contribution in [3.8, 4) is 22.6 Å². The number of rotatable bonds is 8. The van der Waals surface area contributed by atoms with Crippen molar-refractivity contribution in [2.75, 3.05) is 13.7 Å². The molecule has 4 aromatic rings. The molecule has 0 aliphatic heterocycles. The highest BCUT2D eigenvalue weighted by molar-refractivity contribution is 6.07. The number of aromatic nitrogens is 1. The van der Waals surface area contributed by atoms with Crippen LogP contribution in [0.1, 0.15) is 32.6 Å². The molecule has 0 radical (unpaired) electrons. The molecule has 0 spiro atoms. The Bertz CT molecular complexity index is 1150. The Morgan fingerprint density at radius 2 is 1.50 bits per heavy atom. The second-order valence-electron chi connectivity index (χ2n) is 7.77. The molecule has 0 amide bonds. The van der Waals surface area contributed by atoms with Crippen LogP contribution >= 0.6 is 0 Å². The van der Waals surface area contributed by atoms with E-state index in [4.69, 9.17) is 9.47 Å². The molecule has 0 bridgehead atoms. The fourth-order valence-electron chi connectivity index (χ4n) is 4.13. The lowest BCUT2D eigenvalue weighted by Gasteiger charge is -2.12. The van der Waals surface area contributed by atoms with E-state index in [-0.39, 0.29) is 0 Å². The van der Waals surface area contributed by atoms with Crippen LogP contribution in [-0.4, -0.2) is 13.7 Å². The Balaban J connectivity index is 1.76. The lowest BCUT2D eigenvalue weighted by atomic mass is 9.95. The summed E-state index contributed by atoms with van der Waals surface area (Å²) in [6, 6.07) is 23.4. The standard InChI is InChI=1S/C27H30NO2/c1-4-5-6-9-18-30-21-14-12-20(13-15-21)27-23-10-7-8-11-25(23)28(2)26-17-16-22(29-3)19-24(26)27/h7-8,10-17,19H,4-6,9,18H2,1-3H3/q+1. The van der Waals surface area contributed by atoms with E-state index in [1.54, 1.807) is 7.11 Å². The van der Waals surface area contributed by atoms with Crippen LogP contribution in [0, 0.1) is 0 Å². The van der Waals surface area contributed by atoms with Crippen LogP contribution in [0.3, 0.4) is 0 Å². The number of fused-ring (bicyclic) bond motifs is 2. The molecule has 0 atom stereocenters. The van der Waals surface area contributed by atoms with E-state index in [1.165, 1.54) is 52.2 Å². The van der Waals surface area contributed by atoms with E-state index in [0.717, 1.165) is 24.5 Å². The molecule has 3 aromatic carbocycles. The van der Waals surface area contributed by atoms with Crippen LogP contribution in [0.2, 0.25) is 0 Å². The summed E-state index contributed by atoms with van der Waals surface area (Å²) in [5.74, 6) is 1.80. The molecule has 154 valence electrons. The van der Waals surface area contributed by atoms with E-state index in [0.29, 0.717) is 0 Å². The number of methoxy groups -OCH3 is 1. The average molecular weight is 401 g/mol. The second-order valence-corrected chi connectivity index (χ2v) is 7.77. The van der Waals surface area contributed by atoms with Crippen LogP contribution in [0.5, 0.6) is 11.5 Å². The van der Waals surface area contributed by atoms with Crippen molar-refractivity contribution in [1.82, 2.24) is 0 Å². The van der Waals surface area contributed by atoms with E-state index in [1.807, 2.05) is 6.07 Å². The lowest BCUT2D eigenvalue weighted by Crippen LogP contribution is -2.30. The molecule has 30 heavy (non-hydrogen) atoms. The smallest absolute Gasteiger partial charge is 0.213 e. The van der Waals surface area contributed by atoms with Gasteiger partial charge in [-0.3, -0.25) is 0 Å². The zero-order valence-corrected chi connectivity index (χ0v) is 18.2. The van der Waals surface area contributed by atoms with Gasteiger partial charge in [0.15, 0.2) is 0 Å². The highest BCUT2D eigenvalue weighted by atomic mass is 16.5. The molecule has 0 saturated carbocycles. The summed E-state index contributed by atoms with van der Waals surface area (Å²) < 4.78 is 13.7. The first-order chi connectivity index (χ1) is 14.7. The number of nitrogens with zero attached hydrogens (tertiary/aromatic N) is 1. The van der Waals surface area contributed by atoms with Crippen LogP contribution in [0.15, 0.2) is 66.7 Å². The highest BCUT2D eigenvalue weighted by Crippen LogP contribution is 2.36. The monoisotopic (exact) mass is 400 g/mol. The fraction of sp³-hybridized carbons (Fsp3) is 0.296. The summed E-state index contributed by atoms with van der Waals surface area (Å²) in [4.78, 5) is 0. The zero-order valence-electron chi connectivity index (χ0n) is 18.2. The van der Waals surface area contributed by atoms with Gasteiger partial charge in [0.1, 0.15) is 18.5 Å². The Hall–Kier alpha value is -3.07. The minimum absolute atomic E-state index is 0.781. The number of ether oxygens (including phenoxy) is 2. The Morgan fingerprint density at radius 1 is 0.767 bits per heavy atom. The second kappa shape index (κ2) is 9.17. The Labute approximate surface area is 178 Å². The van der Waals surface area contributed by atoms with Crippen molar-refractivity contribution in [2.24, 2.45) is 7.05 Å². The van der Waals surface area contributed by atoms with Gasteiger partial charge in [-0.05, 0) is 42.3 Å². The van der Waals surface area contributed by atoms with Gasteiger partial charge >= 0.3 is 0 Å². The maximum Gasteiger partial charge on any atom is 0.213 e. The molecule has 0 unspecified atom stereocenters. The van der Waals surface area contributed by atoms with Gasteiger partial charge in [-0.25, -0.2) is 0 Å². The van der Waals surface area contributed by atoms with Crippen molar-refractivity contribution < 1.29 is 14.0 Å². The first-order valence-electron chi connectivity index (χ1n) is 10.8. The van der Waals surface area contributed by atoms with Gasteiger partial charge in [-0.1, -0.05) is 50.5 Å². The minimum atomic E-state index is 0.781. The predicted octanol–water partition coefficient (Wildman–Crippen LogP) is 6.45. The van der Waals surface area contributed by atoms with Crippen LogP contribution in [-0.2, 0) is 7.05 Å². The number of pyridine rings is 1. The summed E-state index contributed by atoms with van der Waals surface area (Å²) in [6.07, 6.45) is 4.86. The summed E-state index contributed by atoms with van der Waals surface area (Å²) in [7, 11) is 3.84. The molecular formula is C27H30NO2+. The summed E-state index contributed by atoms with van der Waals surface area (Å²) >= 11 is 0. The van der Waals surface area contributed by atoms with Crippen LogP contribution in [0.25, 0.3) is 32.9 Å². The van der Waals surface area contributed by atoms with E-state index >= 15 is 0 Å². The molecule has 0 N–H and O–H groups in total. The molecule has 0 aliphatic carbocycles. The molecule has 1 aromatic heterocycles. The van der Waals surface area contributed by atoms with Crippen molar-refractivity contribution in [3.05, 3.63) is 66.7 Å². The highest BCUT2D eigenvalue weighted by Gasteiger charge is 2.19. The van der Waals surface area contributed by atoms with Crippen molar-refractivity contribution in [3.63, 3.8) is 0 Å². The van der Waals surface area contributed by atoms with Crippen LogP contribution in [0.4, 0.5) is 0 Å². The molecule has 1 heterocycles. The number of unbranched alkanes of at least 4 members (excludes halogenated alkanes) is 3. The van der Waals surface area contributed by atoms with E-state index in [9.17, 15) is 0 Å². The maximum absolute atomic E-state index is 5.95. The van der Waals surface area contributed by atoms with Crippen LogP contribution < -0.4 is 14.0 Å². The van der Waals surface area contributed by atoms with Gasteiger partial charge < -0.3 is 9.47 Å². The molecular weight excluding hydrogens is 370 g/mol. The number of hydrogen-bond acceptors (Lipinski definition) is 2. The van der Waals surface area contributed by atoms with Gasteiger partial charge in [0.05, 0.1) is 24.5 Å². The van der Waals surface area contributed by atoms with Crippen molar-refractivity contribution in [2.45, 2.75) is 32.6 Å². The number of hydrogen-bond donors (Lipinski definition) is 0. The summed E-state index contributed by atoms with van der Waals surface area (Å²) in [6.45, 7) is 3.01.